The topological polar surface area (TPSA) is 135 Å². The summed E-state index contributed by atoms with van der Waals surface area (Å²) in [7, 11) is 1.56. The second kappa shape index (κ2) is 15.9. The third kappa shape index (κ3) is 9.76. The number of aromatic nitrogens is 4. The fourth-order valence-electron chi connectivity index (χ4n) is 5.83. The largest absolute Gasteiger partial charge is 0.482 e. The molecule has 0 fully saturated rings. The van der Waals surface area contributed by atoms with Crippen LogP contribution in [0.2, 0.25) is 0 Å². The number of unbranched alkanes of at least 4 members (excludes halogenated alkanes) is 4. The Bertz CT molecular complexity index is 1830. The zero-order valence-electron chi connectivity index (χ0n) is 31.3. The van der Waals surface area contributed by atoms with E-state index in [0.29, 0.717) is 35.8 Å². The molecule has 0 radical (unpaired) electrons. The first-order valence-electron chi connectivity index (χ1n) is 17.5. The van der Waals surface area contributed by atoms with Gasteiger partial charge >= 0.3 is 18.0 Å². The number of fused-ring (bicyclic) bond motifs is 2. The highest BCUT2D eigenvalue weighted by Gasteiger charge is 2.24. The van der Waals surface area contributed by atoms with Gasteiger partial charge in [0, 0.05) is 24.4 Å². The second-order valence-corrected chi connectivity index (χ2v) is 14.5. The number of alkyl carbamates (subject to hydrolysis) is 1. The van der Waals surface area contributed by atoms with Gasteiger partial charge in [0.1, 0.15) is 28.2 Å². The Balaban J connectivity index is 1.65. The Morgan fingerprint density at radius 1 is 0.900 bits per heavy atom. The van der Waals surface area contributed by atoms with Gasteiger partial charge in [-0.05, 0) is 99.4 Å². The predicted molar refractivity (Wildman–Crippen MR) is 192 cm³/mol. The van der Waals surface area contributed by atoms with Crippen LogP contribution in [0.5, 0.6) is 5.88 Å². The summed E-state index contributed by atoms with van der Waals surface area (Å²) in [5, 5.41) is 3.83. The van der Waals surface area contributed by atoms with Crippen molar-refractivity contribution in [3.05, 3.63) is 47.3 Å². The Hall–Kier alpha value is -4.61. The van der Waals surface area contributed by atoms with Crippen molar-refractivity contribution < 1.29 is 33.3 Å². The van der Waals surface area contributed by atoms with Crippen LogP contribution >= 0.6 is 0 Å². The molecule has 1 amide bonds. The van der Waals surface area contributed by atoms with Crippen LogP contribution in [0.15, 0.2) is 30.3 Å². The lowest BCUT2D eigenvalue weighted by atomic mass is 10.1. The summed E-state index contributed by atoms with van der Waals surface area (Å²) in [6, 6.07) is 8.97. The van der Waals surface area contributed by atoms with Gasteiger partial charge in [-0.15, -0.1) is 0 Å². The maximum absolute atomic E-state index is 12.6. The van der Waals surface area contributed by atoms with Crippen LogP contribution in [0.3, 0.4) is 0 Å². The number of amides is 1. The minimum atomic E-state index is -0.619. The van der Waals surface area contributed by atoms with E-state index >= 15 is 0 Å². The van der Waals surface area contributed by atoms with Crippen molar-refractivity contribution in [2.45, 2.75) is 125 Å². The van der Waals surface area contributed by atoms with Crippen LogP contribution in [0.4, 0.5) is 4.79 Å². The average molecular weight is 692 g/mol. The van der Waals surface area contributed by atoms with E-state index in [4.69, 9.17) is 28.9 Å². The van der Waals surface area contributed by atoms with Crippen molar-refractivity contribution in [1.82, 2.24) is 24.3 Å². The molecule has 12 nitrogen and oxygen atoms in total. The van der Waals surface area contributed by atoms with E-state index in [-0.39, 0.29) is 12.6 Å². The van der Waals surface area contributed by atoms with Crippen molar-refractivity contribution in [2.24, 2.45) is 0 Å². The molecule has 0 aliphatic heterocycles. The van der Waals surface area contributed by atoms with Gasteiger partial charge in [0.2, 0.25) is 0 Å². The summed E-state index contributed by atoms with van der Waals surface area (Å²) in [5.74, 6) is -0.133. The number of carbonyl (C=O) groups is 3. The monoisotopic (exact) mass is 691 g/mol. The SMILES string of the molecule is CCOC(=O)c1cc(OC)n2c(C)c(-c3cc4ccc([C@@H](C)NC(=O)OC(C)(C)C)nc4n3CCCCCCCC(=O)OC(C)(C)C)nc2c1. The quantitative estimate of drug-likeness (QED) is 0.0790. The number of carbonyl (C=O) groups excluding carboxylic acids is 3. The van der Waals surface area contributed by atoms with Gasteiger partial charge < -0.3 is 28.8 Å². The molecule has 4 rings (SSSR count). The fraction of sp³-hybridized carbons (Fsp3) is 0.553. The van der Waals surface area contributed by atoms with E-state index in [1.807, 2.05) is 71.9 Å². The van der Waals surface area contributed by atoms with E-state index in [1.165, 1.54) is 0 Å². The number of pyridine rings is 2. The van der Waals surface area contributed by atoms with Crippen LogP contribution in [0.25, 0.3) is 28.1 Å². The molecule has 0 bridgehead atoms. The Morgan fingerprint density at radius 2 is 1.58 bits per heavy atom. The number of hydrogen-bond donors (Lipinski definition) is 1. The van der Waals surface area contributed by atoms with Gasteiger partial charge in [-0.25, -0.2) is 19.6 Å². The number of nitrogens with one attached hydrogen (secondary N) is 1. The molecule has 1 atom stereocenters. The zero-order valence-corrected chi connectivity index (χ0v) is 31.3. The molecule has 0 saturated carbocycles. The number of methoxy groups -OCH3 is 1. The lowest BCUT2D eigenvalue weighted by Crippen LogP contribution is -2.34. The van der Waals surface area contributed by atoms with Crippen LogP contribution in [-0.2, 0) is 25.5 Å². The minimum Gasteiger partial charge on any atom is -0.482 e. The van der Waals surface area contributed by atoms with Crippen LogP contribution in [0.1, 0.15) is 122 Å². The van der Waals surface area contributed by atoms with Crippen molar-refractivity contribution in [1.29, 1.82) is 0 Å². The molecule has 0 aliphatic carbocycles. The first kappa shape index (κ1) is 38.2. The van der Waals surface area contributed by atoms with Gasteiger partial charge in [-0.2, -0.15) is 0 Å². The number of nitrogens with zero attached hydrogens (tertiary/aromatic N) is 4. The number of imidazole rings is 1. The smallest absolute Gasteiger partial charge is 0.408 e. The Morgan fingerprint density at radius 3 is 2.24 bits per heavy atom. The highest BCUT2D eigenvalue weighted by molar-refractivity contribution is 5.91. The number of hydrogen-bond acceptors (Lipinski definition) is 9. The van der Waals surface area contributed by atoms with E-state index in [0.717, 1.165) is 60.2 Å². The van der Waals surface area contributed by atoms with E-state index in [2.05, 4.69) is 16.0 Å². The van der Waals surface area contributed by atoms with Crippen molar-refractivity contribution in [3.8, 4) is 17.3 Å². The summed E-state index contributed by atoms with van der Waals surface area (Å²) in [4.78, 5) is 47.3. The summed E-state index contributed by atoms with van der Waals surface area (Å²) in [6.07, 6.45) is 4.45. The lowest BCUT2D eigenvalue weighted by Gasteiger charge is -2.22. The van der Waals surface area contributed by atoms with E-state index < -0.39 is 29.3 Å². The normalized spacial score (nSPS) is 12.6. The van der Waals surface area contributed by atoms with Crippen molar-refractivity contribution >= 4 is 34.7 Å². The third-order valence-electron chi connectivity index (χ3n) is 8.01. The third-order valence-corrected chi connectivity index (χ3v) is 8.01. The molecule has 0 spiro atoms. The molecule has 0 saturated heterocycles. The van der Waals surface area contributed by atoms with Crippen LogP contribution in [0, 0.1) is 6.92 Å². The number of ether oxygens (including phenoxy) is 4. The molecule has 4 aromatic rings. The molecule has 0 aliphatic rings. The van der Waals surface area contributed by atoms with Gasteiger partial charge in [0.25, 0.3) is 0 Å². The number of rotatable bonds is 14. The molecule has 12 heteroatoms. The Labute approximate surface area is 294 Å². The van der Waals surface area contributed by atoms with Crippen LogP contribution < -0.4 is 10.1 Å². The minimum absolute atomic E-state index is 0.160. The first-order valence-corrected chi connectivity index (χ1v) is 17.5. The van der Waals surface area contributed by atoms with Crippen LogP contribution in [-0.4, -0.2) is 61.9 Å². The lowest BCUT2D eigenvalue weighted by molar-refractivity contribution is -0.154. The van der Waals surface area contributed by atoms with E-state index in [9.17, 15) is 14.4 Å². The highest BCUT2D eigenvalue weighted by atomic mass is 16.6. The molecular formula is C38H53N5O7. The average Bonchev–Trinajstić information content (AvgIpc) is 3.54. The summed E-state index contributed by atoms with van der Waals surface area (Å²) in [6.45, 7) is 17.7. The molecule has 4 aromatic heterocycles. The Kier molecular flexibility index (Phi) is 12.2. The van der Waals surface area contributed by atoms with Gasteiger partial charge in [-0.3, -0.25) is 9.20 Å². The van der Waals surface area contributed by atoms with Crippen molar-refractivity contribution in [2.75, 3.05) is 13.7 Å². The molecule has 4 heterocycles. The predicted octanol–water partition coefficient (Wildman–Crippen LogP) is 8.11. The summed E-state index contributed by atoms with van der Waals surface area (Å²) >= 11 is 0. The van der Waals surface area contributed by atoms with E-state index in [1.54, 1.807) is 26.2 Å². The van der Waals surface area contributed by atoms with Gasteiger partial charge in [0.05, 0.1) is 42.4 Å². The summed E-state index contributed by atoms with van der Waals surface area (Å²) in [5.41, 5.74) is 3.76. The van der Waals surface area contributed by atoms with Gasteiger partial charge in [-0.1, -0.05) is 19.3 Å². The number of aryl methyl sites for hydroxylation is 2. The second-order valence-electron chi connectivity index (χ2n) is 14.5. The molecular weight excluding hydrogens is 638 g/mol. The molecule has 0 aromatic carbocycles. The fourth-order valence-corrected chi connectivity index (χ4v) is 5.83. The zero-order chi connectivity index (χ0) is 36.8. The standard InChI is InChI=1S/C38H53N5O7/c1-11-48-35(45)27-22-30-41-33(25(3)43(30)31(23-27)47-10)29-21-26-18-19-28(24(2)39-36(46)50-38(7,8)9)40-34(26)42(29)20-16-14-12-13-15-17-32(44)49-37(4,5)6/h18-19,21-24H,11-17,20H2,1-10H3,(H,39,46)/t24-/m1/s1. The van der Waals surface area contributed by atoms with Gasteiger partial charge in [0.15, 0.2) is 5.88 Å². The number of esters is 2. The summed E-state index contributed by atoms with van der Waals surface area (Å²) < 4.78 is 25.9. The maximum atomic E-state index is 12.6. The molecule has 50 heavy (non-hydrogen) atoms. The maximum Gasteiger partial charge on any atom is 0.408 e. The molecule has 272 valence electrons. The molecule has 1 N–H and O–H groups in total. The molecule has 0 unspecified atom stereocenters. The highest BCUT2D eigenvalue weighted by Crippen LogP contribution is 2.33. The first-order chi connectivity index (χ1) is 23.5. The van der Waals surface area contributed by atoms with Crippen molar-refractivity contribution in [3.63, 3.8) is 0 Å².